The number of aliphatic carboxylic acids is 2. The zero-order chi connectivity index (χ0) is 19.1. The van der Waals surface area contributed by atoms with E-state index in [1.807, 2.05) is 0 Å². The van der Waals surface area contributed by atoms with Crippen molar-refractivity contribution in [1.82, 2.24) is 5.32 Å². The van der Waals surface area contributed by atoms with Gasteiger partial charge in [-0.1, -0.05) is 26.0 Å². The first-order chi connectivity index (χ1) is 11.9. The molecule has 0 bridgehead atoms. The third-order valence-corrected chi connectivity index (χ3v) is 3.49. The van der Waals surface area contributed by atoms with Crippen LogP contribution in [0.1, 0.15) is 38.2 Å². The summed E-state index contributed by atoms with van der Waals surface area (Å²) in [4.78, 5) is 18.2. The molecule has 1 aromatic carbocycles. The van der Waals surface area contributed by atoms with Gasteiger partial charge in [0.25, 0.3) is 0 Å². The zero-order valence-electron chi connectivity index (χ0n) is 15.2. The number of nitrogens with one attached hydrogen (secondary N) is 1. The zero-order valence-corrected chi connectivity index (χ0v) is 15.2. The van der Waals surface area contributed by atoms with Crippen molar-refractivity contribution in [2.24, 2.45) is 0 Å². The summed E-state index contributed by atoms with van der Waals surface area (Å²) in [6.07, 6.45) is 2.18. The van der Waals surface area contributed by atoms with E-state index in [4.69, 9.17) is 29.3 Å². The second kappa shape index (κ2) is 14.2. The molecule has 1 aromatic rings. The van der Waals surface area contributed by atoms with Gasteiger partial charge in [-0.05, 0) is 43.0 Å². The number of hydrogen-bond donors (Lipinski definition) is 3. The van der Waals surface area contributed by atoms with Crippen molar-refractivity contribution < 1.29 is 29.3 Å². The molecule has 0 radical (unpaired) electrons. The minimum absolute atomic E-state index is 0.624. The summed E-state index contributed by atoms with van der Waals surface area (Å²) < 4.78 is 10.7. The predicted octanol–water partition coefficient (Wildman–Crippen LogP) is 2.36. The van der Waals surface area contributed by atoms with Crippen molar-refractivity contribution in [3.63, 3.8) is 0 Å². The summed E-state index contributed by atoms with van der Waals surface area (Å²) in [5.41, 5.74) is 1.39. The number of hydrogen-bond acceptors (Lipinski definition) is 5. The number of carboxylic acids is 2. The summed E-state index contributed by atoms with van der Waals surface area (Å²) in [6, 6.07) is 8.47. The Morgan fingerprint density at radius 3 is 2.16 bits per heavy atom. The van der Waals surface area contributed by atoms with Gasteiger partial charge in [0.1, 0.15) is 5.75 Å². The van der Waals surface area contributed by atoms with Crippen molar-refractivity contribution in [2.75, 3.05) is 33.4 Å². The number of benzene rings is 1. The minimum Gasteiger partial charge on any atom is -0.494 e. The van der Waals surface area contributed by atoms with Gasteiger partial charge in [0, 0.05) is 13.7 Å². The van der Waals surface area contributed by atoms with E-state index in [0.29, 0.717) is 5.92 Å². The van der Waals surface area contributed by atoms with Crippen LogP contribution in [0.15, 0.2) is 24.3 Å². The molecule has 1 atom stereocenters. The third-order valence-electron chi connectivity index (χ3n) is 3.49. The highest BCUT2D eigenvalue weighted by molar-refractivity contribution is 6.27. The van der Waals surface area contributed by atoms with Gasteiger partial charge in [0.15, 0.2) is 0 Å². The maximum absolute atomic E-state index is 9.10. The highest BCUT2D eigenvalue weighted by Gasteiger charge is 2.04. The van der Waals surface area contributed by atoms with Crippen LogP contribution in [0.4, 0.5) is 0 Å². The lowest BCUT2D eigenvalue weighted by atomic mass is 9.99. The van der Waals surface area contributed by atoms with Gasteiger partial charge < -0.3 is 25.0 Å². The maximum atomic E-state index is 9.10. The van der Waals surface area contributed by atoms with E-state index >= 15 is 0 Å². The number of carboxylic acid groups (broad SMARTS) is 2. The highest BCUT2D eigenvalue weighted by Crippen LogP contribution is 2.21. The summed E-state index contributed by atoms with van der Waals surface area (Å²) in [5.74, 6) is -2.06. The molecule has 3 N–H and O–H groups in total. The van der Waals surface area contributed by atoms with Gasteiger partial charge in [-0.15, -0.1) is 0 Å². The molecule has 1 rings (SSSR count). The summed E-state index contributed by atoms with van der Waals surface area (Å²) in [7, 11) is 1.72. The number of ether oxygens (including phenoxy) is 2. The van der Waals surface area contributed by atoms with Crippen molar-refractivity contribution >= 4 is 11.9 Å². The number of carbonyl (C=O) groups is 2. The van der Waals surface area contributed by atoms with E-state index in [9.17, 15) is 0 Å². The van der Waals surface area contributed by atoms with E-state index < -0.39 is 11.9 Å². The minimum atomic E-state index is -1.82. The molecule has 0 heterocycles. The first kappa shape index (κ1) is 22.9. The fourth-order valence-electron chi connectivity index (χ4n) is 1.81. The Bertz CT molecular complexity index is 477. The van der Waals surface area contributed by atoms with Gasteiger partial charge in [-0.3, -0.25) is 0 Å². The van der Waals surface area contributed by atoms with Gasteiger partial charge in [-0.2, -0.15) is 0 Å². The van der Waals surface area contributed by atoms with E-state index in [0.717, 1.165) is 38.5 Å². The monoisotopic (exact) mass is 355 g/mol. The lowest BCUT2D eigenvalue weighted by Crippen LogP contribution is -2.21. The summed E-state index contributed by atoms with van der Waals surface area (Å²) >= 11 is 0. The fraction of sp³-hybridized carbons (Fsp3) is 0.556. The maximum Gasteiger partial charge on any atom is 0.414 e. The molecule has 7 heteroatoms. The van der Waals surface area contributed by atoms with Crippen LogP contribution in [-0.4, -0.2) is 55.6 Å². The molecule has 0 saturated heterocycles. The molecule has 0 spiro atoms. The van der Waals surface area contributed by atoms with Gasteiger partial charge in [-0.25, -0.2) is 9.59 Å². The number of rotatable bonds is 10. The van der Waals surface area contributed by atoms with Crippen LogP contribution in [0.5, 0.6) is 5.75 Å². The van der Waals surface area contributed by atoms with E-state index in [1.54, 1.807) is 7.11 Å². The first-order valence-electron chi connectivity index (χ1n) is 8.31. The van der Waals surface area contributed by atoms with Crippen molar-refractivity contribution in [3.8, 4) is 5.75 Å². The van der Waals surface area contributed by atoms with Crippen LogP contribution in [0, 0.1) is 0 Å². The van der Waals surface area contributed by atoms with Crippen LogP contribution < -0.4 is 10.1 Å². The average Bonchev–Trinajstić information content (AvgIpc) is 2.61. The van der Waals surface area contributed by atoms with E-state index in [-0.39, 0.29) is 0 Å². The van der Waals surface area contributed by atoms with Crippen LogP contribution in [0.2, 0.25) is 0 Å². The standard InChI is InChI=1S/C16H27NO2.C2H2O4/c1-4-14(2)15-6-8-16(9-7-15)19-12-5-10-17-11-13-18-3;3-1(4)2(5)6/h6-9,14,17H,4-5,10-13H2,1-3H3;(H,3,4)(H,5,6). The Balaban J connectivity index is 0.000000823. The fourth-order valence-corrected chi connectivity index (χ4v) is 1.81. The Labute approximate surface area is 149 Å². The molecule has 142 valence electrons. The molecule has 0 aliphatic heterocycles. The molecular weight excluding hydrogens is 326 g/mol. The van der Waals surface area contributed by atoms with Crippen LogP contribution >= 0.6 is 0 Å². The van der Waals surface area contributed by atoms with Crippen molar-refractivity contribution in [1.29, 1.82) is 0 Å². The largest absolute Gasteiger partial charge is 0.494 e. The lowest BCUT2D eigenvalue weighted by molar-refractivity contribution is -0.159. The predicted molar refractivity (Wildman–Crippen MR) is 95.3 cm³/mol. The summed E-state index contributed by atoms with van der Waals surface area (Å²) in [6.45, 7) is 7.85. The third kappa shape index (κ3) is 12.0. The Kier molecular flexibility index (Phi) is 13.0. The second-order valence-electron chi connectivity index (χ2n) is 5.43. The van der Waals surface area contributed by atoms with Crippen LogP contribution in [-0.2, 0) is 14.3 Å². The van der Waals surface area contributed by atoms with Gasteiger partial charge in [0.05, 0.1) is 13.2 Å². The second-order valence-corrected chi connectivity index (χ2v) is 5.43. The summed E-state index contributed by atoms with van der Waals surface area (Å²) in [5, 5.41) is 18.1. The van der Waals surface area contributed by atoms with E-state index in [2.05, 4.69) is 43.4 Å². The Morgan fingerprint density at radius 1 is 1.08 bits per heavy atom. The molecule has 25 heavy (non-hydrogen) atoms. The highest BCUT2D eigenvalue weighted by atomic mass is 16.5. The molecule has 0 aromatic heterocycles. The topological polar surface area (TPSA) is 105 Å². The van der Waals surface area contributed by atoms with Gasteiger partial charge >= 0.3 is 11.9 Å². The van der Waals surface area contributed by atoms with Crippen molar-refractivity contribution in [3.05, 3.63) is 29.8 Å². The molecule has 0 fully saturated rings. The van der Waals surface area contributed by atoms with Crippen LogP contribution in [0.25, 0.3) is 0 Å². The van der Waals surface area contributed by atoms with Crippen molar-refractivity contribution in [2.45, 2.75) is 32.6 Å². The van der Waals surface area contributed by atoms with E-state index in [1.165, 1.54) is 12.0 Å². The molecule has 0 amide bonds. The lowest BCUT2D eigenvalue weighted by Gasteiger charge is -2.11. The van der Waals surface area contributed by atoms with Gasteiger partial charge in [0.2, 0.25) is 0 Å². The molecule has 0 aliphatic carbocycles. The molecule has 0 aliphatic rings. The normalized spacial score (nSPS) is 11.2. The first-order valence-corrected chi connectivity index (χ1v) is 8.31. The number of methoxy groups -OCH3 is 1. The molecule has 1 unspecified atom stereocenters. The smallest absolute Gasteiger partial charge is 0.414 e. The van der Waals surface area contributed by atoms with Crippen LogP contribution in [0.3, 0.4) is 0 Å². The Hall–Kier alpha value is -2.12. The average molecular weight is 355 g/mol. The SMILES string of the molecule is CCC(C)c1ccc(OCCCNCCOC)cc1.O=C(O)C(=O)O. The molecule has 7 nitrogen and oxygen atoms in total. The molecule has 0 saturated carbocycles. The Morgan fingerprint density at radius 2 is 1.68 bits per heavy atom. The quantitative estimate of drug-likeness (QED) is 0.437. The molecular formula is C18H29NO6.